The summed E-state index contributed by atoms with van der Waals surface area (Å²) in [6.07, 6.45) is 1.45. The highest BCUT2D eigenvalue weighted by Crippen LogP contribution is 2.40. The Balaban J connectivity index is 2.38. The number of carbonyl (C=O) groups excluding carboxylic acids is 1. The lowest BCUT2D eigenvalue weighted by atomic mass is 9.82. The zero-order chi connectivity index (χ0) is 17.9. The number of hydrogen-bond acceptors (Lipinski definition) is 4. The number of methoxy groups -OCH3 is 1. The summed E-state index contributed by atoms with van der Waals surface area (Å²) in [6.45, 7) is 8.60. The van der Waals surface area contributed by atoms with Crippen LogP contribution >= 0.6 is 15.9 Å². The molecule has 1 aromatic carbocycles. The van der Waals surface area contributed by atoms with Crippen LogP contribution in [0.25, 0.3) is 0 Å². The van der Waals surface area contributed by atoms with Crippen molar-refractivity contribution in [3.63, 3.8) is 0 Å². The highest BCUT2D eigenvalue weighted by Gasteiger charge is 2.23. The quantitative estimate of drug-likeness (QED) is 0.515. The first kappa shape index (κ1) is 18.5. The molecule has 0 fully saturated rings. The van der Waals surface area contributed by atoms with E-state index < -0.39 is 5.97 Å². The Bertz CT molecular complexity index is 718. The number of esters is 1. The Morgan fingerprint density at radius 2 is 1.92 bits per heavy atom. The summed E-state index contributed by atoms with van der Waals surface area (Å²) in [6, 6.07) is 9.33. The largest absolute Gasteiger partial charge is 0.465 e. The first-order valence-corrected chi connectivity index (χ1v) is 8.65. The zero-order valence-corrected chi connectivity index (χ0v) is 16.2. The van der Waals surface area contributed by atoms with E-state index in [1.54, 1.807) is 12.1 Å². The minimum absolute atomic E-state index is 0.00109. The van der Waals surface area contributed by atoms with Gasteiger partial charge in [0.15, 0.2) is 0 Å². The van der Waals surface area contributed by atoms with Crippen molar-refractivity contribution < 1.29 is 14.3 Å². The molecule has 0 saturated carbocycles. The van der Waals surface area contributed by atoms with Gasteiger partial charge in [0.25, 0.3) is 0 Å². The minimum atomic E-state index is -0.418. The summed E-state index contributed by atoms with van der Waals surface area (Å²) in [5, 5.41) is 0. The molecular formula is C19H22BrNO3. The Hall–Kier alpha value is -1.88. The van der Waals surface area contributed by atoms with E-state index in [0.717, 1.165) is 11.3 Å². The molecule has 0 aliphatic rings. The lowest BCUT2D eigenvalue weighted by Gasteiger charge is -2.26. The number of benzene rings is 1. The van der Waals surface area contributed by atoms with Crippen LogP contribution in [0.5, 0.6) is 11.6 Å². The maximum absolute atomic E-state index is 11.5. The molecule has 0 bridgehead atoms. The molecule has 5 heteroatoms. The number of nitrogens with zero attached hydrogens (tertiary/aromatic N) is 1. The summed E-state index contributed by atoms with van der Waals surface area (Å²) in [5.41, 5.74) is 2.71. The third-order valence-corrected chi connectivity index (χ3v) is 4.10. The fraction of sp³-hybridized carbons (Fsp3) is 0.368. The van der Waals surface area contributed by atoms with Gasteiger partial charge in [-0.2, -0.15) is 0 Å². The maximum atomic E-state index is 11.5. The van der Waals surface area contributed by atoms with Crippen molar-refractivity contribution in [2.45, 2.75) is 37.9 Å². The second-order valence-electron chi connectivity index (χ2n) is 6.56. The van der Waals surface area contributed by atoms with E-state index in [2.05, 4.69) is 59.4 Å². The number of alkyl halides is 1. The summed E-state index contributed by atoms with van der Waals surface area (Å²) < 4.78 is 10.7. The van der Waals surface area contributed by atoms with Gasteiger partial charge in [0.2, 0.25) is 5.88 Å². The summed E-state index contributed by atoms with van der Waals surface area (Å²) >= 11 is 3.67. The highest BCUT2D eigenvalue weighted by atomic mass is 79.9. The van der Waals surface area contributed by atoms with E-state index in [-0.39, 0.29) is 10.2 Å². The number of aromatic nitrogens is 1. The average Bonchev–Trinajstić information content (AvgIpc) is 2.53. The molecule has 4 nitrogen and oxygen atoms in total. The van der Waals surface area contributed by atoms with E-state index in [0.29, 0.717) is 11.4 Å². The van der Waals surface area contributed by atoms with Crippen molar-refractivity contribution in [1.82, 2.24) is 4.98 Å². The Labute approximate surface area is 151 Å². The molecule has 2 rings (SSSR count). The molecule has 2 aromatic rings. The van der Waals surface area contributed by atoms with Crippen molar-refractivity contribution in [2.75, 3.05) is 7.11 Å². The van der Waals surface area contributed by atoms with Crippen LogP contribution in [0, 0.1) is 0 Å². The van der Waals surface area contributed by atoms with Crippen LogP contribution < -0.4 is 4.74 Å². The molecule has 1 heterocycles. The standard InChI is InChI=1S/C19H22BrNO3/c1-12(20)17-14(19(2,3)4)7-6-8-15(17)24-16-10-9-13(11-21-16)18(22)23-5/h6-12H,1-5H3. The molecule has 24 heavy (non-hydrogen) atoms. The second-order valence-corrected chi connectivity index (χ2v) is 7.94. The molecule has 1 unspecified atom stereocenters. The van der Waals surface area contributed by atoms with Gasteiger partial charge in [0, 0.05) is 22.7 Å². The monoisotopic (exact) mass is 391 g/mol. The fourth-order valence-corrected chi connectivity index (χ4v) is 2.96. The van der Waals surface area contributed by atoms with E-state index >= 15 is 0 Å². The molecule has 0 aliphatic heterocycles. The van der Waals surface area contributed by atoms with Gasteiger partial charge in [-0.25, -0.2) is 9.78 Å². The van der Waals surface area contributed by atoms with Crippen LogP contribution in [-0.2, 0) is 10.2 Å². The van der Waals surface area contributed by atoms with Gasteiger partial charge in [-0.05, 0) is 30.0 Å². The van der Waals surface area contributed by atoms with Gasteiger partial charge in [-0.1, -0.05) is 48.8 Å². The van der Waals surface area contributed by atoms with E-state index in [1.807, 2.05) is 12.1 Å². The van der Waals surface area contributed by atoms with Gasteiger partial charge in [-0.3, -0.25) is 0 Å². The lowest BCUT2D eigenvalue weighted by Crippen LogP contribution is -2.15. The average molecular weight is 392 g/mol. The SMILES string of the molecule is COC(=O)c1ccc(Oc2cccc(C(C)(C)C)c2C(C)Br)nc1. The number of hydrogen-bond donors (Lipinski definition) is 0. The summed E-state index contributed by atoms with van der Waals surface area (Å²) in [4.78, 5) is 15.8. The van der Waals surface area contributed by atoms with E-state index in [9.17, 15) is 4.79 Å². The Kier molecular flexibility index (Phi) is 5.65. The van der Waals surface area contributed by atoms with Gasteiger partial charge in [0.1, 0.15) is 5.75 Å². The van der Waals surface area contributed by atoms with E-state index in [1.165, 1.54) is 18.9 Å². The minimum Gasteiger partial charge on any atom is -0.465 e. The first-order chi connectivity index (χ1) is 11.2. The second kappa shape index (κ2) is 7.34. The number of pyridine rings is 1. The molecule has 1 atom stereocenters. The molecule has 1 aromatic heterocycles. The predicted molar refractivity (Wildman–Crippen MR) is 98.1 cm³/mol. The van der Waals surface area contributed by atoms with Crippen LogP contribution in [0.1, 0.15) is 54.0 Å². The maximum Gasteiger partial charge on any atom is 0.339 e. The zero-order valence-electron chi connectivity index (χ0n) is 14.6. The summed E-state index contributed by atoms with van der Waals surface area (Å²) in [5.74, 6) is 0.770. The molecular weight excluding hydrogens is 370 g/mol. The van der Waals surface area contributed by atoms with Crippen LogP contribution in [-0.4, -0.2) is 18.1 Å². The lowest BCUT2D eigenvalue weighted by molar-refractivity contribution is 0.0600. The van der Waals surface area contributed by atoms with Gasteiger partial charge >= 0.3 is 5.97 Å². The van der Waals surface area contributed by atoms with Gasteiger partial charge < -0.3 is 9.47 Å². The van der Waals surface area contributed by atoms with Crippen molar-refractivity contribution >= 4 is 21.9 Å². The van der Waals surface area contributed by atoms with Crippen LogP contribution in [0.15, 0.2) is 36.5 Å². The number of halogens is 1. The predicted octanol–water partition coefficient (Wildman–Crippen LogP) is 5.41. The van der Waals surface area contributed by atoms with Crippen LogP contribution in [0.3, 0.4) is 0 Å². The smallest absolute Gasteiger partial charge is 0.339 e. The van der Waals surface area contributed by atoms with Crippen molar-refractivity contribution in [3.8, 4) is 11.6 Å². The highest BCUT2D eigenvalue weighted by molar-refractivity contribution is 9.09. The third-order valence-electron chi connectivity index (χ3n) is 3.64. The molecule has 0 N–H and O–H groups in total. The Morgan fingerprint density at radius 1 is 1.21 bits per heavy atom. The Morgan fingerprint density at radius 3 is 2.42 bits per heavy atom. The molecule has 0 aliphatic carbocycles. The first-order valence-electron chi connectivity index (χ1n) is 7.73. The van der Waals surface area contributed by atoms with Crippen molar-refractivity contribution in [1.29, 1.82) is 0 Å². The third kappa shape index (κ3) is 4.15. The number of rotatable bonds is 4. The van der Waals surface area contributed by atoms with E-state index in [4.69, 9.17) is 4.74 Å². The fourth-order valence-electron chi connectivity index (χ4n) is 2.49. The molecule has 0 radical (unpaired) electrons. The van der Waals surface area contributed by atoms with Crippen molar-refractivity contribution in [2.24, 2.45) is 0 Å². The van der Waals surface area contributed by atoms with Gasteiger partial charge in [-0.15, -0.1) is 0 Å². The van der Waals surface area contributed by atoms with Crippen LogP contribution in [0.2, 0.25) is 0 Å². The normalized spacial score (nSPS) is 12.6. The summed E-state index contributed by atoms with van der Waals surface area (Å²) in [7, 11) is 1.34. The van der Waals surface area contributed by atoms with Gasteiger partial charge in [0.05, 0.1) is 12.7 Å². The molecule has 0 saturated heterocycles. The molecule has 0 amide bonds. The van der Waals surface area contributed by atoms with Crippen LogP contribution in [0.4, 0.5) is 0 Å². The number of ether oxygens (including phenoxy) is 2. The molecule has 128 valence electrons. The topological polar surface area (TPSA) is 48.4 Å². The molecule has 0 spiro atoms. The number of carbonyl (C=O) groups is 1. The van der Waals surface area contributed by atoms with Crippen molar-refractivity contribution in [3.05, 3.63) is 53.2 Å².